The summed E-state index contributed by atoms with van der Waals surface area (Å²) in [5, 5.41) is 18.6. The van der Waals surface area contributed by atoms with Gasteiger partial charge in [-0.3, -0.25) is 0 Å². The Morgan fingerprint density at radius 2 is 1.64 bits per heavy atom. The lowest BCUT2D eigenvalue weighted by Gasteiger charge is -2.16. The van der Waals surface area contributed by atoms with Crippen LogP contribution in [0.25, 0.3) is 0 Å². The van der Waals surface area contributed by atoms with Crippen molar-refractivity contribution in [1.29, 1.82) is 0 Å². The van der Waals surface area contributed by atoms with Crippen molar-refractivity contribution in [2.45, 2.75) is 12.2 Å². The van der Waals surface area contributed by atoms with Crippen LogP contribution in [0.2, 0.25) is 0 Å². The van der Waals surface area contributed by atoms with Gasteiger partial charge in [0.25, 0.3) is 0 Å². The third-order valence-corrected chi connectivity index (χ3v) is 2.15. The molecule has 0 aliphatic rings. The van der Waals surface area contributed by atoms with E-state index in [1.54, 1.807) is 0 Å². The molecular weight excluding hydrogens is 210 g/mol. The first-order chi connectivity index (χ1) is 6.54. The molecule has 0 fully saturated rings. The van der Waals surface area contributed by atoms with Gasteiger partial charge >= 0.3 is 0 Å². The Kier molecular flexibility index (Phi) is 3.86. The predicted molar refractivity (Wildman–Crippen MR) is 51.2 cm³/mol. The van der Waals surface area contributed by atoms with Crippen molar-refractivity contribution in [2.75, 3.05) is 5.75 Å². The number of rotatable bonds is 3. The second-order valence-electron chi connectivity index (χ2n) is 2.90. The van der Waals surface area contributed by atoms with Crippen LogP contribution in [0.4, 0.5) is 8.78 Å². The highest BCUT2D eigenvalue weighted by molar-refractivity contribution is 7.80. The van der Waals surface area contributed by atoms with Crippen LogP contribution in [0.1, 0.15) is 11.7 Å². The molecule has 0 aliphatic heterocycles. The van der Waals surface area contributed by atoms with E-state index in [1.807, 2.05) is 0 Å². The molecule has 0 aromatic heterocycles. The maximum atomic E-state index is 12.7. The van der Waals surface area contributed by atoms with Gasteiger partial charge in [0.05, 0.1) is 6.10 Å². The van der Waals surface area contributed by atoms with Crippen molar-refractivity contribution in [3.05, 3.63) is 35.4 Å². The minimum absolute atomic E-state index is 0.00375. The zero-order chi connectivity index (χ0) is 10.7. The average Bonchev–Trinajstić information content (AvgIpc) is 2.14. The van der Waals surface area contributed by atoms with Crippen LogP contribution in [0.15, 0.2) is 18.2 Å². The summed E-state index contributed by atoms with van der Waals surface area (Å²) in [6, 6.07) is 2.64. The minimum atomic E-state index is -1.32. The topological polar surface area (TPSA) is 40.5 Å². The van der Waals surface area contributed by atoms with Crippen molar-refractivity contribution in [1.82, 2.24) is 0 Å². The Labute approximate surface area is 85.6 Å². The summed E-state index contributed by atoms with van der Waals surface area (Å²) in [6.45, 7) is 0. The molecule has 2 atom stereocenters. The van der Waals surface area contributed by atoms with Crippen LogP contribution in [-0.4, -0.2) is 22.1 Å². The van der Waals surface area contributed by atoms with Gasteiger partial charge in [-0.25, -0.2) is 8.78 Å². The highest BCUT2D eigenvalue weighted by Gasteiger charge is 2.18. The Morgan fingerprint density at radius 3 is 2.07 bits per heavy atom. The summed E-state index contributed by atoms with van der Waals surface area (Å²) in [6.07, 6.45) is -2.46. The molecule has 5 heteroatoms. The number of hydrogen-bond acceptors (Lipinski definition) is 3. The number of aliphatic hydroxyl groups excluding tert-OH is 2. The van der Waals surface area contributed by atoms with E-state index in [1.165, 1.54) is 0 Å². The minimum Gasteiger partial charge on any atom is -0.389 e. The van der Waals surface area contributed by atoms with Gasteiger partial charge in [-0.1, -0.05) is 0 Å². The molecule has 0 saturated carbocycles. The molecule has 1 aromatic rings. The van der Waals surface area contributed by atoms with Gasteiger partial charge in [0.1, 0.15) is 17.7 Å². The van der Waals surface area contributed by atoms with E-state index in [9.17, 15) is 19.0 Å². The van der Waals surface area contributed by atoms with E-state index < -0.39 is 23.8 Å². The molecule has 0 spiro atoms. The lowest BCUT2D eigenvalue weighted by atomic mass is 10.1. The van der Waals surface area contributed by atoms with Crippen molar-refractivity contribution in [2.24, 2.45) is 0 Å². The molecule has 0 aliphatic carbocycles. The highest BCUT2D eigenvalue weighted by atomic mass is 32.1. The summed E-state index contributed by atoms with van der Waals surface area (Å²) >= 11 is 3.76. The van der Waals surface area contributed by atoms with E-state index in [4.69, 9.17) is 0 Å². The molecule has 2 nitrogen and oxygen atoms in total. The van der Waals surface area contributed by atoms with E-state index >= 15 is 0 Å². The lowest BCUT2D eigenvalue weighted by Crippen LogP contribution is -2.20. The van der Waals surface area contributed by atoms with Gasteiger partial charge < -0.3 is 10.2 Å². The molecular formula is C9H10F2O2S. The SMILES string of the molecule is OC(CS)C(O)c1cc(F)cc(F)c1. The second kappa shape index (κ2) is 4.72. The average molecular weight is 220 g/mol. The summed E-state index contributed by atoms with van der Waals surface area (Å²) in [4.78, 5) is 0. The lowest BCUT2D eigenvalue weighted by molar-refractivity contribution is 0.0334. The smallest absolute Gasteiger partial charge is 0.126 e. The molecule has 2 N–H and O–H groups in total. The van der Waals surface area contributed by atoms with Crippen LogP contribution in [0.5, 0.6) is 0 Å². The third kappa shape index (κ3) is 2.67. The van der Waals surface area contributed by atoms with Gasteiger partial charge in [-0.15, -0.1) is 0 Å². The fraction of sp³-hybridized carbons (Fsp3) is 0.333. The Balaban J connectivity index is 2.94. The largest absolute Gasteiger partial charge is 0.389 e. The molecule has 0 heterocycles. The molecule has 0 saturated heterocycles. The van der Waals surface area contributed by atoms with E-state index in [0.717, 1.165) is 12.1 Å². The van der Waals surface area contributed by atoms with Gasteiger partial charge in [0.2, 0.25) is 0 Å². The van der Waals surface area contributed by atoms with Crippen molar-refractivity contribution in [3.8, 4) is 0 Å². The quantitative estimate of drug-likeness (QED) is 0.672. The summed E-state index contributed by atoms with van der Waals surface area (Å²) < 4.78 is 25.4. The molecule has 0 amide bonds. The van der Waals surface area contributed by atoms with Crippen LogP contribution in [0.3, 0.4) is 0 Å². The standard InChI is InChI=1S/C9H10F2O2S/c10-6-1-5(2-7(11)3-6)9(13)8(12)4-14/h1-3,8-9,12-14H,4H2. The summed E-state index contributed by atoms with van der Waals surface area (Å²) in [5.41, 5.74) is 0.00375. The Morgan fingerprint density at radius 1 is 1.14 bits per heavy atom. The van der Waals surface area contributed by atoms with E-state index in [2.05, 4.69) is 12.6 Å². The number of halogens is 2. The Hall–Kier alpha value is -0.650. The monoisotopic (exact) mass is 220 g/mol. The molecule has 14 heavy (non-hydrogen) atoms. The van der Waals surface area contributed by atoms with E-state index in [-0.39, 0.29) is 11.3 Å². The maximum Gasteiger partial charge on any atom is 0.126 e. The number of aliphatic hydroxyl groups is 2. The van der Waals surface area contributed by atoms with Crippen LogP contribution in [0, 0.1) is 11.6 Å². The van der Waals surface area contributed by atoms with E-state index in [0.29, 0.717) is 6.07 Å². The van der Waals surface area contributed by atoms with Gasteiger partial charge in [0, 0.05) is 11.8 Å². The van der Waals surface area contributed by atoms with Crippen molar-refractivity contribution in [3.63, 3.8) is 0 Å². The van der Waals surface area contributed by atoms with Gasteiger partial charge in [0.15, 0.2) is 0 Å². The van der Waals surface area contributed by atoms with Gasteiger partial charge in [-0.05, 0) is 17.7 Å². The number of benzene rings is 1. The molecule has 0 radical (unpaired) electrons. The fourth-order valence-corrected chi connectivity index (χ4v) is 1.27. The zero-order valence-corrected chi connectivity index (χ0v) is 8.09. The van der Waals surface area contributed by atoms with Crippen molar-refractivity contribution >= 4 is 12.6 Å². The number of thiol groups is 1. The molecule has 1 aromatic carbocycles. The first-order valence-electron chi connectivity index (χ1n) is 3.97. The normalized spacial score (nSPS) is 15.2. The second-order valence-corrected chi connectivity index (χ2v) is 3.26. The predicted octanol–water partition coefficient (Wildman–Crippen LogP) is 1.29. The first kappa shape index (κ1) is 11.4. The van der Waals surface area contributed by atoms with Crippen LogP contribution >= 0.6 is 12.6 Å². The van der Waals surface area contributed by atoms with Crippen LogP contribution in [-0.2, 0) is 0 Å². The first-order valence-corrected chi connectivity index (χ1v) is 4.61. The fourth-order valence-electron chi connectivity index (χ4n) is 1.07. The Bertz CT molecular complexity index is 299. The highest BCUT2D eigenvalue weighted by Crippen LogP contribution is 2.19. The van der Waals surface area contributed by atoms with Gasteiger partial charge in [-0.2, -0.15) is 12.6 Å². The summed E-state index contributed by atoms with van der Waals surface area (Å²) in [7, 11) is 0. The van der Waals surface area contributed by atoms with Crippen LogP contribution < -0.4 is 0 Å². The molecule has 0 bridgehead atoms. The summed E-state index contributed by atoms with van der Waals surface area (Å²) in [5.74, 6) is -1.56. The molecule has 78 valence electrons. The molecule has 1 rings (SSSR count). The number of hydrogen-bond donors (Lipinski definition) is 3. The maximum absolute atomic E-state index is 12.7. The van der Waals surface area contributed by atoms with Crippen molar-refractivity contribution < 1.29 is 19.0 Å². The molecule has 2 unspecified atom stereocenters. The third-order valence-electron chi connectivity index (χ3n) is 1.78. The zero-order valence-electron chi connectivity index (χ0n) is 7.19.